The van der Waals surface area contributed by atoms with Gasteiger partial charge in [-0.15, -0.1) is 11.3 Å². The fourth-order valence-electron chi connectivity index (χ4n) is 7.53. The summed E-state index contributed by atoms with van der Waals surface area (Å²) in [4.78, 5) is 8.30. The van der Waals surface area contributed by atoms with Crippen LogP contribution in [-0.4, -0.2) is 47.6 Å². The van der Waals surface area contributed by atoms with Gasteiger partial charge < -0.3 is 10.0 Å². The summed E-state index contributed by atoms with van der Waals surface area (Å²) < 4.78 is 0. The second-order valence-corrected chi connectivity index (χ2v) is 14.7. The van der Waals surface area contributed by atoms with Gasteiger partial charge in [-0.25, -0.2) is 0 Å². The van der Waals surface area contributed by atoms with E-state index in [2.05, 4.69) is 108 Å². The van der Waals surface area contributed by atoms with Gasteiger partial charge in [-0.2, -0.15) is 11.3 Å². The summed E-state index contributed by atoms with van der Waals surface area (Å²) in [6.07, 6.45) is 9.90. The van der Waals surface area contributed by atoms with Crippen molar-refractivity contribution in [1.82, 2.24) is 9.80 Å². The van der Waals surface area contributed by atoms with Crippen molar-refractivity contribution in [1.29, 1.82) is 0 Å². The van der Waals surface area contributed by atoms with Gasteiger partial charge in [-0.1, -0.05) is 54.4 Å². The molecule has 4 heterocycles. The van der Waals surface area contributed by atoms with Crippen molar-refractivity contribution >= 4 is 22.7 Å². The lowest BCUT2D eigenvalue weighted by Crippen LogP contribution is -2.39. The SMILES string of the molecule is Cc1ccc(O)c(C(CC2CCCC(c3ccc(C(CC4CCCCN4C)c4ccccc4)s3)N2C)c2ccsc2)c1. The summed E-state index contributed by atoms with van der Waals surface area (Å²) >= 11 is 3.81. The van der Waals surface area contributed by atoms with Gasteiger partial charge in [0.1, 0.15) is 5.75 Å². The summed E-state index contributed by atoms with van der Waals surface area (Å²) in [5.74, 6) is 1.08. The van der Waals surface area contributed by atoms with Crippen LogP contribution in [0.15, 0.2) is 77.5 Å². The molecule has 4 aromatic rings. The molecule has 2 aliphatic rings. The first-order valence-corrected chi connectivity index (χ1v) is 17.6. The van der Waals surface area contributed by atoms with Gasteiger partial charge in [0.15, 0.2) is 0 Å². The number of benzene rings is 2. The molecular weight excluding hydrogens is 553 g/mol. The maximum atomic E-state index is 10.9. The lowest BCUT2D eigenvalue weighted by molar-refractivity contribution is 0.107. The highest BCUT2D eigenvalue weighted by molar-refractivity contribution is 7.12. The zero-order chi connectivity index (χ0) is 29.1. The average Bonchev–Trinajstić information content (AvgIpc) is 3.71. The first-order chi connectivity index (χ1) is 20.5. The third-order valence-electron chi connectivity index (χ3n) is 10.0. The molecule has 6 rings (SSSR count). The smallest absolute Gasteiger partial charge is 0.119 e. The van der Waals surface area contributed by atoms with E-state index in [-0.39, 0.29) is 5.92 Å². The van der Waals surface area contributed by atoms with Gasteiger partial charge in [-0.05, 0) is 119 Å². The molecular formula is C37H46N2OS2. The highest BCUT2D eigenvalue weighted by Gasteiger charge is 2.34. The largest absolute Gasteiger partial charge is 0.508 e. The Hall–Kier alpha value is -2.44. The van der Waals surface area contributed by atoms with Crippen LogP contribution in [0.2, 0.25) is 0 Å². The summed E-state index contributed by atoms with van der Waals surface area (Å²) in [6.45, 7) is 3.35. The molecule has 42 heavy (non-hydrogen) atoms. The Morgan fingerprint density at radius 3 is 2.43 bits per heavy atom. The Bertz CT molecular complexity index is 1410. The van der Waals surface area contributed by atoms with Gasteiger partial charge in [0.2, 0.25) is 0 Å². The third kappa shape index (κ3) is 6.55. The average molecular weight is 599 g/mol. The molecule has 1 N–H and O–H groups in total. The number of aryl methyl sites for hydroxylation is 1. The zero-order valence-electron chi connectivity index (χ0n) is 25.4. The van der Waals surface area contributed by atoms with Crippen molar-refractivity contribution in [3.05, 3.63) is 109 Å². The van der Waals surface area contributed by atoms with Gasteiger partial charge in [0.25, 0.3) is 0 Å². The molecule has 0 aliphatic carbocycles. The van der Waals surface area contributed by atoms with Crippen LogP contribution in [0.4, 0.5) is 0 Å². The van der Waals surface area contributed by atoms with Crippen LogP contribution in [0.1, 0.15) is 101 Å². The molecule has 2 aliphatic heterocycles. The van der Waals surface area contributed by atoms with Gasteiger partial charge in [0.05, 0.1) is 0 Å². The third-order valence-corrected chi connectivity index (χ3v) is 12.0. The maximum absolute atomic E-state index is 10.9. The first kappa shape index (κ1) is 29.6. The van der Waals surface area contributed by atoms with Crippen molar-refractivity contribution < 1.29 is 5.11 Å². The van der Waals surface area contributed by atoms with Crippen LogP contribution >= 0.6 is 22.7 Å². The number of piperidine rings is 2. The summed E-state index contributed by atoms with van der Waals surface area (Å²) in [6, 6.07) is 26.0. The standard InChI is InChI=1S/C37H46N2OS2/c1-26-15-16-35(40)33(22-26)31(28-19-21-41-25-28)24-30-13-9-14-34(39(30)3)37-18-17-36(42-37)32(27-10-5-4-6-11-27)23-29-12-7-8-20-38(29)2/h4-6,10-11,15-19,21-22,25,29-32,34,40H,7-9,12-14,20,23-24H2,1-3H3. The normalized spacial score (nSPS) is 23.5. The van der Waals surface area contributed by atoms with Gasteiger partial charge >= 0.3 is 0 Å². The Morgan fingerprint density at radius 2 is 1.64 bits per heavy atom. The molecule has 5 atom stereocenters. The number of nitrogens with zero attached hydrogens (tertiary/aromatic N) is 2. The Morgan fingerprint density at radius 1 is 0.833 bits per heavy atom. The second-order valence-electron chi connectivity index (χ2n) is 12.7. The highest BCUT2D eigenvalue weighted by Crippen LogP contribution is 2.45. The minimum absolute atomic E-state index is 0.205. The number of hydrogen-bond donors (Lipinski definition) is 1. The predicted molar refractivity (Wildman–Crippen MR) is 179 cm³/mol. The lowest BCUT2D eigenvalue weighted by Gasteiger charge is -2.41. The highest BCUT2D eigenvalue weighted by atomic mass is 32.1. The Balaban J connectivity index is 1.24. The minimum atomic E-state index is 0.205. The van der Waals surface area contributed by atoms with Crippen molar-refractivity contribution in [2.75, 3.05) is 20.6 Å². The number of likely N-dealkylation sites (tertiary alicyclic amines) is 2. The van der Waals surface area contributed by atoms with Crippen LogP contribution in [0.3, 0.4) is 0 Å². The zero-order valence-corrected chi connectivity index (χ0v) is 27.0. The summed E-state index contributed by atoms with van der Waals surface area (Å²) in [5, 5.41) is 15.3. The molecule has 2 aromatic carbocycles. The van der Waals surface area contributed by atoms with Crippen molar-refractivity contribution in [3.63, 3.8) is 0 Å². The predicted octanol–water partition coefficient (Wildman–Crippen LogP) is 9.58. The Labute approximate surface area is 260 Å². The number of aromatic hydroxyl groups is 1. The summed E-state index contributed by atoms with van der Waals surface area (Å²) in [5.41, 5.74) is 5.06. The fourth-order valence-corrected chi connectivity index (χ4v) is 9.58. The van der Waals surface area contributed by atoms with Crippen LogP contribution in [0.5, 0.6) is 5.75 Å². The molecule has 2 aromatic heterocycles. The molecule has 0 amide bonds. The molecule has 0 radical (unpaired) electrons. The van der Waals surface area contributed by atoms with Crippen LogP contribution in [0.25, 0.3) is 0 Å². The first-order valence-electron chi connectivity index (χ1n) is 15.9. The quantitative estimate of drug-likeness (QED) is 0.208. The number of phenolic OH excluding ortho intramolecular Hbond substituents is 1. The molecule has 5 heteroatoms. The Kier molecular flexibility index (Phi) is 9.50. The van der Waals surface area contributed by atoms with E-state index in [9.17, 15) is 5.11 Å². The number of rotatable bonds is 9. The van der Waals surface area contributed by atoms with Crippen LogP contribution in [0, 0.1) is 6.92 Å². The number of thiophene rings is 2. The summed E-state index contributed by atoms with van der Waals surface area (Å²) in [7, 11) is 4.67. The van der Waals surface area contributed by atoms with E-state index in [0.717, 1.165) is 12.0 Å². The molecule has 2 saturated heterocycles. The van der Waals surface area contributed by atoms with E-state index in [1.165, 1.54) is 77.9 Å². The van der Waals surface area contributed by atoms with Crippen molar-refractivity contribution in [2.45, 2.75) is 88.3 Å². The second kappa shape index (κ2) is 13.5. The monoisotopic (exact) mass is 598 g/mol. The molecule has 0 bridgehead atoms. The van der Waals surface area contributed by atoms with E-state index in [1.54, 1.807) is 11.3 Å². The van der Waals surface area contributed by atoms with Crippen LogP contribution in [-0.2, 0) is 0 Å². The van der Waals surface area contributed by atoms with E-state index in [0.29, 0.717) is 29.8 Å². The lowest BCUT2D eigenvalue weighted by atomic mass is 9.82. The van der Waals surface area contributed by atoms with E-state index < -0.39 is 0 Å². The molecule has 0 saturated carbocycles. The van der Waals surface area contributed by atoms with Crippen molar-refractivity contribution in [3.8, 4) is 5.75 Å². The topological polar surface area (TPSA) is 26.7 Å². The van der Waals surface area contributed by atoms with E-state index in [1.807, 2.05) is 12.1 Å². The van der Waals surface area contributed by atoms with Crippen molar-refractivity contribution in [2.24, 2.45) is 0 Å². The van der Waals surface area contributed by atoms with E-state index in [4.69, 9.17) is 0 Å². The maximum Gasteiger partial charge on any atom is 0.119 e. The number of phenols is 1. The fraction of sp³-hybridized carbons (Fsp3) is 0.459. The molecule has 5 unspecified atom stereocenters. The molecule has 0 spiro atoms. The number of hydrogen-bond acceptors (Lipinski definition) is 5. The molecule has 3 nitrogen and oxygen atoms in total. The molecule has 222 valence electrons. The molecule has 2 fully saturated rings. The van der Waals surface area contributed by atoms with E-state index >= 15 is 0 Å². The van der Waals surface area contributed by atoms with Gasteiger partial charge in [0, 0.05) is 45.3 Å². The van der Waals surface area contributed by atoms with Crippen LogP contribution < -0.4 is 0 Å². The van der Waals surface area contributed by atoms with Gasteiger partial charge in [-0.3, -0.25) is 4.90 Å². The minimum Gasteiger partial charge on any atom is -0.508 e.